The number of anilines is 1. The minimum Gasteiger partial charge on any atom is -0.462 e. The molecule has 0 atom stereocenters. The van der Waals surface area contributed by atoms with Gasteiger partial charge in [0, 0.05) is 15.6 Å². The smallest absolute Gasteiger partial charge is 0.341 e. The summed E-state index contributed by atoms with van der Waals surface area (Å²) < 4.78 is 6.11. The number of carbonyl (C=O) groups excluding carboxylic acids is 2. The van der Waals surface area contributed by atoms with Crippen LogP contribution in [0.15, 0.2) is 42.5 Å². The maximum atomic E-state index is 12.7. The second-order valence-corrected chi connectivity index (χ2v) is 6.85. The molecule has 0 aliphatic carbocycles. The molecule has 0 bridgehead atoms. The van der Waals surface area contributed by atoms with Gasteiger partial charge in [0.1, 0.15) is 10.6 Å². The fourth-order valence-corrected chi connectivity index (χ4v) is 3.78. The van der Waals surface area contributed by atoms with Gasteiger partial charge in [0.25, 0.3) is 5.91 Å². The lowest BCUT2D eigenvalue weighted by atomic mass is 10.1. The van der Waals surface area contributed by atoms with Crippen molar-refractivity contribution in [2.24, 2.45) is 0 Å². The molecule has 5 heteroatoms. The molecule has 1 N–H and O–H groups in total. The fraction of sp³-hybridized carbons (Fsp3) is 0.200. The second-order valence-electron chi connectivity index (χ2n) is 5.80. The highest BCUT2D eigenvalue weighted by Gasteiger charge is 2.22. The number of esters is 1. The van der Waals surface area contributed by atoms with Crippen molar-refractivity contribution in [3.8, 4) is 0 Å². The van der Waals surface area contributed by atoms with Crippen LogP contribution in [-0.4, -0.2) is 18.5 Å². The van der Waals surface area contributed by atoms with E-state index in [0.29, 0.717) is 16.1 Å². The van der Waals surface area contributed by atoms with Crippen LogP contribution in [0, 0.1) is 13.8 Å². The number of ether oxygens (including phenoxy) is 1. The van der Waals surface area contributed by atoms with Gasteiger partial charge in [-0.25, -0.2) is 4.79 Å². The molecule has 128 valence electrons. The molecule has 0 saturated carbocycles. The van der Waals surface area contributed by atoms with Crippen LogP contribution in [0.5, 0.6) is 0 Å². The minimum atomic E-state index is -0.420. The molecule has 4 nitrogen and oxygen atoms in total. The van der Waals surface area contributed by atoms with Gasteiger partial charge in [0.2, 0.25) is 0 Å². The third-order valence-corrected chi connectivity index (χ3v) is 5.03. The van der Waals surface area contributed by atoms with Crippen molar-refractivity contribution in [3.63, 3.8) is 0 Å². The van der Waals surface area contributed by atoms with Crippen LogP contribution in [-0.2, 0) is 4.74 Å². The first-order valence-corrected chi connectivity index (χ1v) is 8.90. The van der Waals surface area contributed by atoms with E-state index in [1.54, 1.807) is 6.92 Å². The quantitative estimate of drug-likeness (QED) is 0.675. The van der Waals surface area contributed by atoms with Crippen LogP contribution in [0.1, 0.15) is 38.8 Å². The summed E-state index contributed by atoms with van der Waals surface area (Å²) in [4.78, 5) is 25.2. The third kappa shape index (κ3) is 3.42. The van der Waals surface area contributed by atoms with Gasteiger partial charge in [0.05, 0.1) is 6.61 Å². The van der Waals surface area contributed by atoms with Crippen molar-refractivity contribution in [1.29, 1.82) is 0 Å². The highest BCUT2D eigenvalue weighted by molar-refractivity contribution is 7.23. The number of nitrogens with one attached hydrogen (secondary N) is 1. The molecule has 3 rings (SSSR count). The van der Waals surface area contributed by atoms with E-state index in [4.69, 9.17) is 4.74 Å². The molecule has 0 fully saturated rings. The third-order valence-electron chi connectivity index (χ3n) is 3.94. The lowest BCUT2D eigenvalue weighted by molar-refractivity contribution is 0.0530. The average molecular weight is 353 g/mol. The molecule has 0 aliphatic rings. The Bertz CT molecular complexity index is 959. The van der Waals surface area contributed by atoms with E-state index in [0.717, 1.165) is 21.2 Å². The number of benzene rings is 2. The topological polar surface area (TPSA) is 55.4 Å². The van der Waals surface area contributed by atoms with E-state index in [9.17, 15) is 9.59 Å². The number of aryl methyl sites for hydroxylation is 2. The van der Waals surface area contributed by atoms with Crippen molar-refractivity contribution < 1.29 is 14.3 Å². The molecule has 2 aromatic carbocycles. The molecule has 0 aliphatic heterocycles. The Morgan fingerprint density at radius 2 is 1.88 bits per heavy atom. The summed E-state index contributed by atoms with van der Waals surface area (Å²) in [6.45, 7) is 5.89. The Balaban J connectivity index is 2.03. The van der Waals surface area contributed by atoms with E-state index >= 15 is 0 Å². The Hall–Kier alpha value is -2.66. The maximum Gasteiger partial charge on any atom is 0.341 e. The molecule has 0 saturated heterocycles. The molecular weight excluding hydrogens is 334 g/mol. The molecule has 1 amide bonds. The van der Waals surface area contributed by atoms with Gasteiger partial charge < -0.3 is 10.1 Å². The normalized spacial score (nSPS) is 10.7. The summed E-state index contributed by atoms with van der Waals surface area (Å²) in [5.41, 5.74) is 2.92. The Morgan fingerprint density at radius 1 is 1.12 bits per heavy atom. The van der Waals surface area contributed by atoms with Gasteiger partial charge >= 0.3 is 5.97 Å². The summed E-state index contributed by atoms with van der Waals surface area (Å²) in [6, 6.07) is 13.3. The molecule has 0 spiro atoms. The number of fused-ring (bicyclic) bond motifs is 1. The number of thiophene rings is 1. The van der Waals surface area contributed by atoms with Gasteiger partial charge in [-0.2, -0.15) is 0 Å². The molecule has 0 unspecified atom stereocenters. The number of hydrogen-bond donors (Lipinski definition) is 1. The first kappa shape index (κ1) is 17.2. The lowest BCUT2D eigenvalue weighted by Crippen LogP contribution is -2.15. The number of amides is 1. The Kier molecular flexibility index (Phi) is 4.86. The highest BCUT2D eigenvalue weighted by atomic mass is 32.1. The van der Waals surface area contributed by atoms with Crippen LogP contribution in [0.3, 0.4) is 0 Å². The molecule has 3 aromatic rings. The number of carbonyl (C=O) groups is 2. The zero-order valence-corrected chi connectivity index (χ0v) is 15.2. The number of hydrogen-bond acceptors (Lipinski definition) is 4. The molecule has 1 heterocycles. The van der Waals surface area contributed by atoms with Crippen molar-refractivity contribution in [2.75, 3.05) is 11.9 Å². The zero-order valence-electron chi connectivity index (χ0n) is 14.4. The predicted molar refractivity (Wildman–Crippen MR) is 102 cm³/mol. The summed E-state index contributed by atoms with van der Waals surface area (Å²) in [7, 11) is 0. The van der Waals surface area contributed by atoms with Crippen LogP contribution < -0.4 is 5.32 Å². The highest BCUT2D eigenvalue weighted by Crippen LogP contribution is 2.36. The van der Waals surface area contributed by atoms with Gasteiger partial charge in [-0.05, 0) is 38.5 Å². The summed E-state index contributed by atoms with van der Waals surface area (Å²) in [5, 5.41) is 4.22. The van der Waals surface area contributed by atoms with Crippen molar-refractivity contribution in [1.82, 2.24) is 0 Å². The molecular formula is C20H19NO3S. The van der Waals surface area contributed by atoms with Gasteiger partial charge in [-0.15, -0.1) is 11.3 Å². The first-order valence-electron chi connectivity index (χ1n) is 8.08. The van der Waals surface area contributed by atoms with E-state index in [1.165, 1.54) is 11.3 Å². The molecule has 1 aromatic heterocycles. The average Bonchev–Trinajstić information content (AvgIpc) is 2.95. The van der Waals surface area contributed by atoms with Crippen molar-refractivity contribution in [2.45, 2.75) is 20.8 Å². The predicted octanol–water partition coefficient (Wildman–Crippen LogP) is 4.95. The summed E-state index contributed by atoms with van der Waals surface area (Å²) in [5.74, 6) is -0.644. The van der Waals surface area contributed by atoms with Crippen LogP contribution in [0.4, 0.5) is 5.00 Å². The second kappa shape index (κ2) is 7.07. The van der Waals surface area contributed by atoms with Gasteiger partial charge in [-0.3, -0.25) is 4.79 Å². The van der Waals surface area contributed by atoms with Crippen molar-refractivity contribution in [3.05, 3.63) is 64.7 Å². The van der Waals surface area contributed by atoms with Crippen LogP contribution in [0.25, 0.3) is 10.1 Å². The fourth-order valence-electron chi connectivity index (χ4n) is 2.69. The van der Waals surface area contributed by atoms with E-state index in [2.05, 4.69) is 5.32 Å². The monoisotopic (exact) mass is 353 g/mol. The lowest BCUT2D eigenvalue weighted by Gasteiger charge is -2.09. The van der Waals surface area contributed by atoms with Gasteiger partial charge in [-0.1, -0.05) is 35.9 Å². The van der Waals surface area contributed by atoms with Crippen LogP contribution in [0.2, 0.25) is 0 Å². The maximum absolute atomic E-state index is 12.7. The standard InChI is InChI=1S/C20H19NO3S/c1-4-24-20(23)17-14-7-5-6-8-16(14)25-19(17)21-18(22)15-11-12(2)9-10-13(15)3/h5-11H,4H2,1-3H3,(H,21,22). The minimum absolute atomic E-state index is 0.224. The number of rotatable bonds is 4. The molecule has 25 heavy (non-hydrogen) atoms. The Labute approximate surface area is 150 Å². The summed E-state index contributed by atoms with van der Waals surface area (Å²) >= 11 is 1.38. The first-order chi connectivity index (χ1) is 12.0. The van der Waals surface area contributed by atoms with E-state index < -0.39 is 5.97 Å². The van der Waals surface area contributed by atoms with Gasteiger partial charge in [0.15, 0.2) is 0 Å². The van der Waals surface area contributed by atoms with Crippen LogP contribution >= 0.6 is 11.3 Å². The van der Waals surface area contributed by atoms with Crippen molar-refractivity contribution >= 4 is 38.3 Å². The molecule has 0 radical (unpaired) electrons. The summed E-state index contributed by atoms with van der Waals surface area (Å²) in [6.07, 6.45) is 0. The largest absolute Gasteiger partial charge is 0.462 e. The van der Waals surface area contributed by atoms with E-state index in [-0.39, 0.29) is 12.5 Å². The van der Waals surface area contributed by atoms with E-state index in [1.807, 2.05) is 56.3 Å². The Morgan fingerprint density at radius 3 is 2.64 bits per heavy atom. The SMILES string of the molecule is CCOC(=O)c1c(NC(=O)c2cc(C)ccc2C)sc2ccccc12. The zero-order chi connectivity index (χ0) is 18.0.